The fourth-order valence-corrected chi connectivity index (χ4v) is 0.814. The largest absolute Gasteiger partial charge is 0.370 e. The van der Waals surface area contributed by atoms with Crippen LogP contribution in [0.4, 0.5) is 0 Å². The molecule has 2 nitrogen and oxygen atoms in total. The summed E-state index contributed by atoms with van der Waals surface area (Å²) in [5, 5.41) is 3.25. The molecule has 1 N–H and O–H groups in total. The van der Waals surface area contributed by atoms with E-state index >= 15 is 0 Å². The maximum atomic E-state index is 4.84. The molecular formula is C6H13NO. The zero-order chi connectivity index (χ0) is 5.82. The van der Waals surface area contributed by atoms with Crippen molar-refractivity contribution >= 4 is 0 Å². The summed E-state index contributed by atoms with van der Waals surface area (Å²) in [6.45, 7) is 0.713. The molecule has 0 radical (unpaired) electrons. The maximum Gasteiger partial charge on any atom is 0.0963 e. The lowest BCUT2D eigenvalue weighted by molar-refractivity contribution is 0.146. The summed E-state index contributed by atoms with van der Waals surface area (Å²) in [6.07, 6.45) is 4.06. The number of methoxy groups -OCH3 is 1. The van der Waals surface area contributed by atoms with Gasteiger partial charge in [-0.15, -0.1) is 0 Å². The summed E-state index contributed by atoms with van der Waals surface area (Å²) < 4.78 is 4.84. The molecule has 0 aromatic carbocycles. The van der Waals surface area contributed by atoms with Crippen molar-refractivity contribution in [2.45, 2.75) is 25.3 Å². The van der Waals surface area contributed by atoms with Crippen LogP contribution in [0.25, 0.3) is 0 Å². The van der Waals surface area contributed by atoms with Crippen molar-refractivity contribution < 1.29 is 4.74 Å². The van der Waals surface area contributed by atoms with Crippen molar-refractivity contribution in [3.05, 3.63) is 0 Å². The Kier molecular flexibility index (Phi) is 2.30. The lowest BCUT2D eigenvalue weighted by Crippen LogP contribution is -2.36. The lowest BCUT2D eigenvalue weighted by Gasteiger charge is -2.25. The van der Waals surface area contributed by atoms with Gasteiger partial charge in [0.2, 0.25) is 0 Å². The monoisotopic (exact) mass is 115 g/mol. The first kappa shape index (κ1) is 6.05. The van der Waals surface area contributed by atoms with Crippen LogP contribution in [0.2, 0.25) is 0 Å². The minimum absolute atomic E-state index is 0.713. The van der Waals surface area contributed by atoms with Gasteiger partial charge in [0.15, 0.2) is 0 Å². The number of nitrogens with one attached hydrogen (secondary N) is 1. The number of ether oxygens (including phenoxy) is 1. The van der Waals surface area contributed by atoms with E-state index in [0.29, 0.717) is 6.73 Å². The molecule has 1 fully saturated rings. The molecule has 0 amide bonds. The molecule has 1 saturated carbocycles. The molecule has 0 unspecified atom stereocenters. The summed E-state index contributed by atoms with van der Waals surface area (Å²) in [6, 6.07) is 0.759. The Labute approximate surface area is 50.2 Å². The predicted octanol–water partition coefficient (Wildman–Crippen LogP) is 0.732. The molecule has 1 aliphatic rings. The van der Waals surface area contributed by atoms with Crippen LogP contribution in [0.5, 0.6) is 0 Å². The van der Waals surface area contributed by atoms with E-state index < -0.39 is 0 Å². The fourth-order valence-electron chi connectivity index (χ4n) is 0.814. The average Bonchev–Trinajstić information content (AvgIpc) is 1.63. The van der Waals surface area contributed by atoms with Crippen molar-refractivity contribution in [3.63, 3.8) is 0 Å². The number of hydrogen-bond donors (Lipinski definition) is 1. The van der Waals surface area contributed by atoms with E-state index in [1.807, 2.05) is 0 Å². The molecule has 2 heteroatoms. The van der Waals surface area contributed by atoms with E-state index in [-0.39, 0.29) is 0 Å². The normalized spacial score (nSPS) is 20.6. The highest BCUT2D eigenvalue weighted by Gasteiger charge is 2.15. The van der Waals surface area contributed by atoms with Gasteiger partial charge in [0.25, 0.3) is 0 Å². The zero-order valence-electron chi connectivity index (χ0n) is 5.31. The number of rotatable bonds is 3. The topological polar surface area (TPSA) is 21.3 Å². The number of hydrogen-bond acceptors (Lipinski definition) is 2. The maximum absolute atomic E-state index is 4.84. The average molecular weight is 115 g/mol. The third-order valence-corrected chi connectivity index (χ3v) is 1.62. The highest BCUT2D eigenvalue weighted by atomic mass is 16.5. The molecule has 1 aliphatic carbocycles. The third kappa shape index (κ3) is 1.46. The zero-order valence-corrected chi connectivity index (χ0v) is 5.31. The van der Waals surface area contributed by atoms with Crippen molar-refractivity contribution in [1.29, 1.82) is 0 Å². The smallest absolute Gasteiger partial charge is 0.0963 e. The van der Waals surface area contributed by atoms with Crippen LogP contribution in [-0.2, 0) is 4.74 Å². The van der Waals surface area contributed by atoms with Gasteiger partial charge in [-0.2, -0.15) is 0 Å². The first-order valence-corrected chi connectivity index (χ1v) is 3.16. The van der Waals surface area contributed by atoms with Crippen molar-refractivity contribution in [1.82, 2.24) is 5.32 Å². The Bertz CT molecular complexity index is 61.5. The highest BCUT2D eigenvalue weighted by molar-refractivity contribution is 4.74. The van der Waals surface area contributed by atoms with Crippen LogP contribution >= 0.6 is 0 Å². The van der Waals surface area contributed by atoms with Gasteiger partial charge >= 0.3 is 0 Å². The van der Waals surface area contributed by atoms with E-state index in [0.717, 1.165) is 6.04 Å². The van der Waals surface area contributed by atoms with Crippen LogP contribution in [0.15, 0.2) is 0 Å². The van der Waals surface area contributed by atoms with Crippen LogP contribution in [0.3, 0.4) is 0 Å². The molecule has 0 bridgehead atoms. The highest BCUT2D eigenvalue weighted by Crippen LogP contribution is 2.17. The summed E-state index contributed by atoms with van der Waals surface area (Å²) in [7, 11) is 1.71. The van der Waals surface area contributed by atoms with Gasteiger partial charge in [0.05, 0.1) is 6.73 Å². The first-order chi connectivity index (χ1) is 3.93. The second-order valence-corrected chi connectivity index (χ2v) is 2.26. The van der Waals surface area contributed by atoms with Gasteiger partial charge in [-0.3, -0.25) is 5.32 Å². The van der Waals surface area contributed by atoms with Gasteiger partial charge in [-0.25, -0.2) is 0 Å². The molecule has 0 aromatic heterocycles. The predicted molar refractivity (Wildman–Crippen MR) is 32.7 cm³/mol. The lowest BCUT2D eigenvalue weighted by atomic mass is 9.94. The van der Waals surface area contributed by atoms with Crippen LogP contribution in [0, 0.1) is 0 Å². The van der Waals surface area contributed by atoms with Crippen molar-refractivity contribution in [2.75, 3.05) is 13.8 Å². The Morgan fingerprint density at radius 1 is 1.62 bits per heavy atom. The second-order valence-electron chi connectivity index (χ2n) is 2.26. The SMILES string of the molecule is COCNC1CCC1. The summed E-state index contributed by atoms with van der Waals surface area (Å²) in [5.41, 5.74) is 0. The van der Waals surface area contributed by atoms with Gasteiger partial charge in [-0.05, 0) is 12.8 Å². The van der Waals surface area contributed by atoms with E-state index in [1.165, 1.54) is 19.3 Å². The Morgan fingerprint density at radius 2 is 2.38 bits per heavy atom. The van der Waals surface area contributed by atoms with Crippen molar-refractivity contribution in [2.24, 2.45) is 0 Å². The second kappa shape index (κ2) is 3.05. The Balaban J connectivity index is 1.86. The van der Waals surface area contributed by atoms with E-state index in [9.17, 15) is 0 Å². The first-order valence-electron chi connectivity index (χ1n) is 3.16. The molecule has 8 heavy (non-hydrogen) atoms. The van der Waals surface area contributed by atoms with Crippen molar-refractivity contribution in [3.8, 4) is 0 Å². The Hall–Kier alpha value is -0.0800. The minimum atomic E-state index is 0.713. The molecule has 0 atom stereocenters. The third-order valence-electron chi connectivity index (χ3n) is 1.62. The molecule has 0 aliphatic heterocycles. The van der Waals surface area contributed by atoms with E-state index in [1.54, 1.807) is 7.11 Å². The standard InChI is InChI=1S/C6H13NO/c1-8-5-7-6-3-2-4-6/h6-7H,2-5H2,1H3. The molecule has 48 valence electrons. The summed E-state index contributed by atoms with van der Waals surface area (Å²) >= 11 is 0. The van der Waals surface area contributed by atoms with Crippen LogP contribution in [-0.4, -0.2) is 19.9 Å². The minimum Gasteiger partial charge on any atom is -0.370 e. The summed E-state index contributed by atoms with van der Waals surface area (Å²) in [4.78, 5) is 0. The molecule has 0 spiro atoms. The molecular weight excluding hydrogens is 102 g/mol. The fraction of sp³-hybridized carbons (Fsp3) is 1.00. The van der Waals surface area contributed by atoms with Gasteiger partial charge in [0.1, 0.15) is 0 Å². The van der Waals surface area contributed by atoms with Gasteiger partial charge < -0.3 is 4.74 Å². The van der Waals surface area contributed by atoms with Crippen LogP contribution in [0.1, 0.15) is 19.3 Å². The summed E-state index contributed by atoms with van der Waals surface area (Å²) in [5.74, 6) is 0. The van der Waals surface area contributed by atoms with Gasteiger partial charge in [-0.1, -0.05) is 6.42 Å². The van der Waals surface area contributed by atoms with E-state index in [2.05, 4.69) is 5.32 Å². The van der Waals surface area contributed by atoms with Crippen LogP contribution < -0.4 is 5.32 Å². The molecule has 0 aromatic rings. The van der Waals surface area contributed by atoms with Gasteiger partial charge in [0, 0.05) is 13.2 Å². The molecule has 0 heterocycles. The molecule has 1 rings (SSSR count). The quantitative estimate of drug-likeness (QED) is 0.547. The Morgan fingerprint density at radius 3 is 2.75 bits per heavy atom. The van der Waals surface area contributed by atoms with E-state index in [4.69, 9.17) is 4.74 Å². The molecule has 0 saturated heterocycles.